The SMILES string of the molecule is CCCCCOC(P)S(=O)(=O)O. The van der Waals surface area contributed by atoms with Crippen LogP contribution in [0.25, 0.3) is 0 Å². The van der Waals surface area contributed by atoms with Gasteiger partial charge in [-0.3, -0.25) is 4.55 Å². The molecule has 0 aliphatic rings. The van der Waals surface area contributed by atoms with Gasteiger partial charge < -0.3 is 4.74 Å². The fourth-order valence-corrected chi connectivity index (χ4v) is 1.04. The summed E-state index contributed by atoms with van der Waals surface area (Å²) in [7, 11) is -2.12. The van der Waals surface area contributed by atoms with Crippen LogP contribution in [0.1, 0.15) is 26.2 Å². The number of unbranched alkanes of at least 4 members (excludes halogenated alkanes) is 2. The molecule has 2 atom stereocenters. The Morgan fingerprint density at radius 1 is 1.50 bits per heavy atom. The molecular weight excluding hydrogens is 199 g/mol. The lowest BCUT2D eigenvalue weighted by atomic mass is 10.3. The van der Waals surface area contributed by atoms with Crippen molar-refractivity contribution >= 4 is 19.4 Å². The van der Waals surface area contributed by atoms with E-state index in [-0.39, 0.29) is 0 Å². The Kier molecular flexibility index (Phi) is 6.01. The molecule has 2 unspecified atom stereocenters. The standard InChI is InChI=1S/C6H15O4PS/c1-2-3-4-5-10-6(11)12(7,8)9/h6H,2-5,11H2,1H3,(H,7,8,9). The van der Waals surface area contributed by atoms with E-state index in [1.54, 1.807) is 0 Å². The summed E-state index contributed by atoms with van der Waals surface area (Å²) in [6.45, 7) is 2.41. The highest BCUT2D eigenvalue weighted by Gasteiger charge is 2.16. The molecule has 0 fully saturated rings. The first-order valence-electron chi connectivity index (χ1n) is 3.82. The van der Waals surface area contributed by atoms with Crippen LogP contribution >= 0.6 is 9.24 Å². The summed E-state index contributed by atoms with van der Waals surface area (Å²) >= 11 is 0. The van der Waals surface area contributed by atoms with Crippen LogP contribution in [0.3, 0.4) is 0 Å². The van der Waals surface area contributed by atoms with Gasteiger partial charge in [-0.15, -0.1) is 0 Å². The van der Waals surface area contributed by atoms with Crippen molar-refractivity contribution in [2.24, 2.45) is 0 Å². The average Bonchev–Trinajstić information content (AvgIpc) is 1.96. The molecule has 0 radical (unpaired) electrons. The quantitative estimate of drug-likeness (QED) is 0.410. The van der Waals surface area contributed by atoms with Crippen LogP contribution in [-0.2, 0) is 14.9 Å². The van der Waals surface area contributed by atoms with Crippen molar-refractivity contribution in [3.63, 3.8) is 0 Å². The van der Waals surface area contributed by atoms with E-state index in [1.165, 1.54) is 0 Å². The maximum absolute atomic E-state index is 10.4. The number of ether oxygens (including phenoxy) is 1. The molecule has 0 amide bonds. The van der Waals surface area contributed by atoms with E-state index in [9.17, 15) is 8.42 Å². The van der Waals surface area contributed by atoms with Crippen LogP contribution in [0.15, 0.2) is 0 Å². The van der Waals surface area contributed by atoms with Crippen molar-refractivity contribution in [3.05, 3.63) is 0 Å². The second-order valence-electron chi connectivity index (χ2n) is 2.46. The zero-order valence-electron chi connectivity index (χ0n) is 7.06. The second kappa shape index (κ2) is 5.86. The lowest BCUT2D eigenvalue weighted by molar-refractivity contribution is 0.145. The maximum atomic E-state index is 10.4. The van der Waals surface area contributed by atoms with Crippen LogP contribution in [0.4, 0.5) is 0 Å². The minimum atomic E-state index is -4.05. The van der Waals surface area contributed by atoms with Gasteiger partial charge in [-0.2, -0.15) is 8.42 Å². The molecule has 0 heterocycles. The molecule has 0 aromatic rings. The van der Waals surface area contributed by atoms with Crippen LogP contribution in [0.5, 0.6) is 0 Å². The second-order valence-corrected chi connectivity index (χ2v) is 5.04. The van der Waals surface area contributed by atoms with Gasteiger partial charge in [-0.1, -0.05) is 29.0 Å². The van der Waals surface area contributed by atoms with Gasteiger partial charge in [0.1, 0.15) is 0 Å². The van der Waals surface area contributed by atoms with Crippen molar-refractivity contribution in [1.29, 1.82) is 0 Å². The van der Waals surface area contributed by atoms with Crippen LogP contribution in [0.2, 0.25) is 0 Å². The minimum Gasteiger partial charge on any atom is -0.356 e. The Labute approximate surface area is 75.6 Å². The smallest absolute Gasteiger partial charge is 0.295 e. The van der Waals surface area contributed by atoms with Gasteiger partial charge in [0.05, 0.1) is 0 Å². The lowest BCUT2D eigenvalue weighted by Gasteiger charge is -2.08. The van der Waals surface area contributed by atoms with Crippen LogP contribution < -0.4 is 0 Å². The largest absolute Gasteiger partial charge is 0.356 e. The third-order valence-corrected chi connectivity index (χ3v) is 3.27. The number of hydrogen-bond acceptors (Lipinski definition) is 3. The zero-order chi connectivity index (χ0) is 9.61. The topological polar surface area (TPSA) is 63.6 Å². The van der Waals surface area contributed by atoms with Crippen molar-refractivity contribution in [2.75, 3.05) is 6.61 Å². The van der Waals surface area contributed by atoms with Gasteiger partial charge in [0.15, 0.2) is 5.18 Å². The van der Waals surface area contributed by atoms with Crippen LogP contribution in [-0.4, -0.2) is 24.8 Å². The Morgan fingerprint density at radius 3 is 2.50 bits per heavy atom. The van der Waals surface area contributed by atoms with E-state index in [1.807, 2.05) is 16.2 Å². The molecule has 0 spiro atoms. The summed E-state index contributed by atoms with van der Waals surface area (Å²) in [6.07, 6.45) is 2.87. The molecule has 0 rings (SSSR count). The van der Waals surface area contributed by atoms with Crippen molar-refractivity contribution < 1.29 is 17.7 Å². The Hall–Kier alpha value is 0.300. The van der Waals surface area contributed by atoms with E-state index in [4.69, 9.17) is 9.29 Å². The van der Waals surface area contributed by atoms with E-state index >= 15 is 0 Å². The molecule has 0 aromatic heterocycles. The normalized spacial score (nSPS) is 14.6. The number of rotatable bonds is 6. The minimum absolute atomic E-state index is 0.363. The molecule has 0 bridgehead atoms. The first kappa shape index (κ1) is 12.3. The first-order valence-corrected chi connectivity index (χ1v) is 5.99. The Morgan fingerprint density at radius 2 is 2.08 bits per heavy atom. The first-order chi connectivity index (χ1) is 5.48. The van der Waals surface area contributed by atoms with E-state index < -0.39 is 15.3 Å². The van der Waals surface area contributed by atoms with Gasteiger partial charge in [0, 0.05) is 6.61 Å². The third kappa shape index (κ3) is 5.89. The van der Waals surface area contributed by atoms with Gasteiger partial charge in [-0.05, 0) is 6.42 Å². The molecular formula is C6H15O4PS. The van der Waals surface area contributed by atoms with E-state index in [0.29, 0.717) is 6.61 Å². The Balaban J connectivity index is 3.52. The van der Waals surface area contributed by atoms with Crippen LogP contribution in [0, 0.1) is 0 Å². The summed E-state index contributed by atoms with van der Waals surface area (Å²) in [6, 6.07) is 0. The highest BCUT2D eigenvalue weighted by molar-refractivity contribution is 7.90. The Bertz CT molecular complexity index is 202. The van der Waals surface area contributed by atoms with Gasteiger partial charge in [-0.25, -0.2) is 0 Å². The molecule has 0 aromatic carbocycles. The predicted molar refractivity (Wildman–Crippen MR) is 50.5 cm³/mol. The van der Waals surface area contributed by atoms with Crippen molar-refractivity contribution in [2.45, 2.75) is 31.4 Å². The summed E-state index contributed by atoms with van der Waals surface area (Å²) in [4.78, 5) is 0. The van der Waals surface area contributed by atoms with E-state index in [2.05, 4.69) is 0 Å². The zero-order valence-corrected chi connectivity index (χ0v) is 9.03. The molecule has 0 aliphatic heterocycles. The average molecular weight is 214 g/mol. The van der Waals surface area contributed by atoms with Crippen molar-refractivity contribution in [3.8, 4) is 0 Å². The molecule has 0 aliphatic carbocycles. The summed E-state index contributed by atoms with van der Waals surface area (Å²) < 4.78 is 34.1. The van der Waals surface area contributed by atoms with Gasteiger partial charge >= 0.3 is 0 Å². The molecule has 6 heteroatoms. The molecule has 0 saturated heterocycles. The molecule has 4 nitrogen and oxygen atoms in total. The van der Waals surface area contributed by atoms with Gasteiger partial charge in [0.2, 0.25) is 0 Å². The highest BCUT2D eigenvalue weighted by Crippen LogP contribution is 2.10. The monoisotopic (exact) mass is 214 g/mol. The highest BCUT2D eigenvalue weighted by atomic mass is 32.2. The molecule has 1 N–H and O–H groups in total. The molecule has 74 valence electrons. The summed E-state index contributed by atoms with van der Waals surface area (Å²) in [5, 5.41) is -1.19. The fraction of sp³-hybridized carbons (Fsp3) is 1.00. The predicted octanol–water partition coefficient (Wildman–Crippen LogP) is 1.24. The maximum Gasteiger partial charge on any atom is 0.295 e. The van der Waals surface area contributed by atoms with E-state index in [0.717, 1.165) is 19.3 Å². The summed E-state index contributed by atoms with van der Waals surface area (Å²) in [5.41, 5.74) is 0. The fourth-order valence-electron chi connectivity index (χ4n) is 0.638. The van der Waals surface area contributed by atoms with Gasteiger partial charge in [0.25, 0.3) is 10.1 Å². The number of hydrogen-bond donors (Lipinski definition) is 1. The lowest BCUT2D eigenvalue weighted by Crippen LogP contribution is -2.17. The van der Waals surface area contributed by atoms with Crippen molar-refractivity contribution in [1.82, 2.24) is 0 Å². The molecule has 12 heavy (non-hydrogen) atoms. The molecule has 0 saturated carbocycles. The third-order valence-electron chi connectivity index (χ3n) is 1.32. The summed E-state index contributed by atoms with van der Waals surface area (Å²) in [5.74, 6) is 0.